The van der Waals surface area contributed by atoms with E-state index < -0.39 is 33.2 Å². The Hall–Kier alpha value is -1.58. The molecule has 0 radical (unpaired) electrons. The Morgan fingerprint density at radius 2 is 2.03 bits per heavy atom. The van der Waals surface area contributed by atoms with Crippen molar-refractivity contribution < 1.29 is 22.7 Å². The summed E-state index contributed by atoms with van der Waals surface area (Å²) in [5.41, 5.74) is 5.47. The topological polar surface area (TPSA) is 108 Å². The maximum Gasteiger partial charge on any atom is 0.217 e. The molecule has 0 saturated heterocycles. The minimum absolute atomic E-state index is 0.142. The minimum Gasteiger partial charge on any atom is -0.485 e. The lowest BCUT2D eigenvalue weighted by Gasteiger charge is -2.54. The standard InChI is InChI=1S/C27H34Cl2N2O5S/c1-37(33,34)31-27(12-2-4-18(7-8-23(30)32)25(27)35-13-9-17-5-6-17)21-16-26(10-3-11-26)36-24-20(21)14-19(28)15-22(24)29/h2,4,12,14-15,17,21,25,31H,3,5-11,13,16H2,1H3,(H2,30,32). The lowest BCUT2D eigenvalue weighted by atomic mass is 9.62. The molecule has 202 valence electrons. The normalized spacial score (nSPS) is 28.2. The molecule has 2 saturated carbocycles. The van der Waals surface area contributed by atoms with E-state index in [9.17, 15) is 13.2 Å². The predicted octanol–water partition coefficient (Wildman–Crippen LogP) is 5.02. The maximum absolute atomic E-state index is 13.0. The van der Waals surface area contributed by atoms with E-state index in [1.54, 1.807) is 6.07 Å². The molecular weight excluding hydrogens is 535 g/mol. The van der Waals surface area contributed by atoms with Crippen molar-refractivity contribution in [2.75, 3.05) is 12.9 Å². The number of benzene rings is 1. The average molecular weight is 570 g/mol. The number of amides is 1. The number of allylic oxidation sites excluding steroid dienone is 2. The molecule has 1 heterocycles. The summed E-state index contributed by atoms with van der Waals surface area (Å²) in [5.74, 6) is 0.406. The van der Waals surface area contributed by atoms with Gasteiger partial charge in [0.05, 0.1) is 16.8 Å². The van der Waals surface area contributed by atoms with Gasteiger partial charge in [0.25, 0.3) is 0 Å². The molecular formula is C27H34Cl2N2O5S. The molecule has 1 spiro atoms. The Morgan fingerprint density at radius 3 is 2.65 bits per heavy atom. The van der Waals surface area contributed by atoms with Gasteiger partial charge >= 0.3 is 0 Å². The summed E-state index contributed by atoms with van der Waals surface area (Å²) in [6.45, 7) is 0.488. The van der Waals surface area contributed by atoms with E-state index in [-0.39, 0.29) is 12.3 Å². The monoisotopic (exact) mass is 568 g/mol. The van der Waals surface area contributed by atoms with Crippen LogP contribution in [0.5, 0.6) is 5.75 Å². The van der Waals surface area contributed by atoms with Crippen LogP contribution < -0.4 is 15.2 Å². The lowest BCUT2D eigenvalue weighted by molar-refractivity contribution is -0.118. The first kappa shape index (κ1) is 27.0. The van der Waals surface area contributed by atoms with E-state index in [0.29, 0.717) is 41.2 Å². The van der Waals surface area contributed by atoms with E-state index in [2.05, 4.69) is 4.72 Å². The van der Waals surface area contributed by atoms with Crippen LogP contribution in [0.3, 0.4) is 0 Å². The molecule has 5 rings (SSSR count). The summed E-state index contributed by atoms with van der Waals surface area (Å²) in [7, 11) is -3.70. The quantitative estimate of drug-likeness (QED) is 0.412. The van der Waals surface area contributed by atoms with E-state index in [0.717, 1.165) is 43.1 Å². The fourth-order valence-electron chi connectivity index (χ4n) is 6.07. The third-order valence-electron chi connectivity index (χ3n) is 8.13. The van der Waals surface area contributed by atoms with Gasteiger partial charge in [-0.05, 0) is 62.1 Å². The van der Waals surface area contributed by atoms with Gasteiger partial charge in [0, 0.05) is 29.5 Å². The van der Waals surface area contributed by atoms with E-state index in [4.69, 9.17) is 38.4 Å². The summed E-state index contributed by atoms with van der Waals surface area (Å²) >= 11 is 13.1. The van der Waals surface area contributed by atoms with Crippen LogP contribution in [0.2, 0.25) is 10.0 Å². The van der Waals surface area contributed by atoms with Crippen LogP contribution in [0.25, 0.3) is 0 Å². The van der Waals surface area contributed by atoms with Gasteiger partial charge in [0.15, 0.2) is 0 Å². The van der Waals surface area contributed by atoms with Crippen LogP contribution in [0, 0.1) is 5.92 Å². The van der Waals surface area contributed by atoms with Crippen LogP contribution in [0.15, 0.2) is 35.9 Å². The van der Waals surface area contributed by atoms with Gasteiger partial charge in [0.2, 0.25) is 15.9 Å². The predicted molar refractivity (Wildman–Crippen MR) is 144 cm³/mol. The molecule has 2 fully saturated rings. The molecule has 10 heteroatoms. The van der Waals surface area contributed by atoms with Gasteiger partial charge in [-0.3, -0.25) is 4.79 Å². The van der Waals surface area contributed by atoms with Crippen LogP contribution in [-0.2, 0) is 19.6 Å². The SMILES string of the molecule is CS(=O)(=O)NC1(C2CC3(CCC3)Oc3c(Cl)cc(Cl)cc32)C=CC=C(CCC(N)=O)C1OCCC1CC1. The van der Waals surface area contributed by atoms with Crippen LogP contribution in [0.1, 0.15) is 69.3 Å². The van der Waals surface area contributed by atoms with Crippen molar-refractivity contribution in [1.82, 2.24) is 4.72 Å². The molecule has 3 aliphatic carbocycles. The number of hydrogen-bond donors (Lipinski definition) is 2. The molecule has 0 bridgehead atoms. The van der Waals surface area contributed by atoms with Gasteiger partial charge in [-0.25, -0.2) is 13.1 Å². The van der Waals surface area contributed by atoms with Gasteiger partial charge in [-0.2, -0.15) is 0 Å². The number of ether oxygens (including phenoxy) is 2. The fraction of sp³-hybridized carbons (Fsp3) is 0.593. The third kappa shape index (κ3) is 5.74. The minimum atomic E-state index is -3.70. The highest BCUT2D eigenvalue weighted by atomic mass is 35.5. The molecule has 37 heavy (non-hydrogen) atoms. The molecule has 1 aromatic carbocycles. The highest BCUT2D eigenvalue weighted by molar-refractivity contribution is 7.88. The van der Waals surface area contributed by atoms with Crippen molar-refractivity contribution in [2.24, 2.45) is 11.7 Å². The second kappa shape index (κ2) is 10.2. The van der Waals surface area contributed by atoms with Crippen molar-refractivity contribution >= 4 is 39.1 Å². The number of rotatable bonds is 10. The number of carbonyl (C=O) groups excluding carboxylic acids is 1. The van der Waals surface area contributed by atoms with Crippen molar-refractivity contribution in [3.8, 4) is 5.75 Å². The zero-order valence-corrected chi connectivity index (χ0v) is 23.3. The van der Waals surface area contributed by atoms with Crippen LogP contribution >= 0.6 is 23.2 Å². The molecule has 3 unspecified atom stereocenters. The van der Waals surface area contributed by atoms with E-state index in [1.165, 1.54) is 12.8 Å². The summed E-state index contributed by atoms with van der Waals surface area (Å²) in [4.78, 5) is 11.7. The second-order valence-electron chi connectivity index (χ2n) is 11.1. The Bertz CT molecular complexity index is 1240. The summed E-state index contributed by atoms with van der Waals surface area (Å²) < 4.78 is 42.0. The Labute approximate surface area is 228 Å². The number of halogens is 2. The Kier molecular flexibility index (Phi) is 7.44. The van der Waals surface area contributed by atoms with Crippen LogP contribution in [-0.4, -0.2) is 44.4 Å². The zero-order valence-electron chi connectivity index (χ0n) is 21.0. The molecule has 1 amide bonds. The highest BCUT2D eigenvalue weighted by Crippen LogP contribution is 2.57. The molecule has 1 aromatic rings. The first-order chi connectivity index (χ1) is 17.5. The number of fused-ring (bicyclic) bond motifs is 1. The van der Waals surface area contributed by atoms with Crippen LogP contribution in [0.4, 0.5) is 0 Å². The molecule has 3 atom stereocenters. The lowest BCUT2D eigenvalue weighted by Crippen LogP contribution is -2.63. The van der Waals surface area contributed by atoms with Gasteiger partial charge in [-0.1, -0.05) is 54.3 Å². The van der Waals surface area contributed by atoms with Gasteiger partial charge in [0.1, 0.15) is 17.5 Å². The smallest absolute Gasteiger partial charge is 0.217 e. The maximum atomic E-state index is 13.0. The molecule has 7 nitrogen and oxygen atoms in total. The number of sulfonamides is 1. The number of nitrogens with two attached hydrogens (primary N) is 1. The molecule has 3 N–H and O–H groups in total. The molecule has 1 aliphatic heterocycles. The number of hydrogen-bond acceptors (Lipinski definition) is 5. The number of carbonyl (C=O) groups is 1. The average Bonchev–Trinajstić information content (AvgIpc) is 3.60. The fourth-order valence-corrected chi connectivity index (χ4v) is 7.57. The van der Waals surface area contributed by atoms with Crippen molar-refractivity contribution in [3.05, 3.63) is 51.5 Å². The van der Waals surface area contributed by atoms with Crippen molar-refractivity contribution in [3.63, 3.8) is 0 Å². The van der Waals surface area contributed by atoms with Gasteiger partial charge in [-0.15, -0.1) is 0 Å². The van der Waals surface area contributed by atoms with E-state index >= 15 is 0 Å². The zero-order chi connectivity index (χ0) is 26.4. The van der Waals surface area contributed by atoms with Gasteiger partial charge < -0.3 is 15.2 Å². The van der Waals surface area contributed by atoms with Crippen molar-refractivity contribution in [2.45, 2.75) is 80.9 Å². The Balaban J connectivity index is 1.63. The summed E-state index contributed by atoms with van der Waals surface area (Å²) in [6, 6.07) is 3.48. The highest BCUT2D eigenvalue weighted by Gasteiger charge is 2.56. The third-order valence-corrected chi connectivity index (χ3v) is 9.35. The number of nitrogens with one attached hydrogen (secondary N) is 1. The molecule has 4 aliphatic rings. The number of primary amides is 1. The largest absolute Gasteiger partial charge is 0.485 e. The summed E-state index contributed by atoms with van der Waals surface area (Å²) in [5, 5.41) is 0.857. The first-order valence-corrected chi connectivity index (χ1v) is 15.6. The van der Waals surface area contributed by atoms with Crippen molar-refractivity contribution in [1.29, 1.82) is 0 Å². The second-order valence-corrected chi connectivity index (χ2v) is 13.7. The molecule has 0 aromatic heterocycles. The first-order valence-electron chi connectivity index (χ1n) is 13.0. The van der Waals surface area contributed by atoms with E-state index in [1.807, 2.05) is 24.3 Å². The summed E-state index contributed by atoms with van der Waals surface area (Å²) in [6.07, 6.45) is 13.3. The Morgan fingerprint density at radius 1 is 1.27 bits per heavy atom.